The van der Waals surface area contributed by atoms with E-state index in [0.717, 1.165) is 0 Å². The van der Waals surface area contributed by atoms with Crippen LogP contribution < -0.4 is 54.0 Å². The van der Waals surface area contributed by atoms with Gasteiger partial charge < -0.3 is 79.1 Å². The number of amides is 10. The van der Waals surface area contributed by atoms with Crippen LogP contribution in [0.4, 0.5) is 0 Å². The van der Waals surface area contributed by atoms with Gasteiger partial charge in [0.2, 0.25) is 59.1 Å². The number of carboxylic acid groups (broad SMARTS) is 2. The minimum atomic E-state index is -1.45. The zero-order valence-corrected chi connectivity index (χ0v) is 46.3. The molecule has 2 saturated heterocycles. The zero-order chi connectivity index (χ0) is 58.9. The molecule has 0 aliphatic carbocycles. The highest BCUT2D eigenvalue weighted by Crippen LogP contribution is 2.26. The van der Waals surface area contributed by atoms with Gasteiger partial charge in [-0.3, -0.25) is 57.5 Å². The molecule has 10 atom stereocenters. The first kappa shape index (κ1) is 66.2. The minimum absolute atomic E-state index is 0.0598. The topological polar surface area (TPSA) is 420 Å². The molecule has 10 amide bonds. The lowest BCUT2D eigenvalue weighted by atomic mass is 9.97. The molecule has 1 aromatic carbocycles. The van der Waals surface area contributed by atoms with Crippen LogP contribution in [0.3, 0.4) is 0 Å². The Labute approximate surface area is 463 Å². The summed E-state index contributed by atoms with van der Waals surface area (Å²) in [5.74, 6) is -10.0. The van der Waals surface area contributed by atoms with Crippen molar-refractivity contribution in [1.82, 2.24) is 52.3 Å². The number of thioether (sulfide) groups is 1. The first-order valence-electron chi connectivity index (χ1n) is 26.6. The van der Waals surface area contributed by atoms with Crippen molar-refractivity contribution in [2.24, 2.45) is 17.4 Å². The van der Waals surface area contributed by atoms with Crippen LogP contribution in [0.1, 0.15) is 104 Å². The number of nitrogens with zero attached hydrogens (tertiary/aromatic N) is 2. The number of rotatable bonds is 33. The lowest BCUT2D eigenvalue weighted by Gasteiger charge is -2.33. The number of likely N-dealkylation sites (tertiary alicyclic amines) is 2. The van der Waals surface area contributed by atoms with Crippen molar-refractivity contribution < 1.29 is 72.9 Å². The van der Waals surface area contributed by atoms with E-state index < -0.39 is 144 Å². The highest BCUT2D eigenvalue weighted by atomic mass is 32.2. The molecule has 15 N–H and O–H groups in total. The van der Waals surface area contributed by atoms with E-state index >= 15 is 0 Å². The lowest BCUT2D eigenvalue weighted by Crippen LogP contribution is -2.60. The maximum Gasteiger partial charge on any atom is 0.322 e. The van der Waals surface area contributed by atoms with Crippen LogP contribution >= 0.6 is 11.8 Å². The molecule has 28 heteroatoms. The summed E-state index contributed by atoms with van der Waals surface area (Å²) in [6, 6.07) is -5.01. The molecule has 0 saturated carbocycles. The summed E-state index contributed by atoms with van der Waals surface area (Å²) in [5, 5.41) is 48.6. The van der Waals surface area contributed by atoms with Crippen LogP contribution in [0.2, 0.25) is 0 Å². The highest BCUT2D eigenvalue weighted by molar-refractivity contribution is 7.98. The number of unbranched alkanes of at least 4 members (excludes halogenated alkanes) is 1. The molecule has 27 nitrogen and oxygen atoms in total. The Balaban J connectivity index is 1.78. The van der Waals surface area contributed by atoms with E-state index in [9.17, 15) is 67.7 Å². The number of hydrogen-bond acceptors (Lipinski definition) is 16. The first-order valence-corrected chi connectivity index (χ1v) is 28.0. The molecule has 0 aromatic heterocycles. The van der Waals surface area contributed by atoms with E-state index in [1.807, 2.05) is 0 Å². The number of nitrogens with one attached hydrogen (secondary N) is 8. The number of phenolic OH excluding ortho intramolecular Hbond substituents is 1. The van der Waals surface area contributed by atoms with Crippen LogP contribution in [0.25, 0.3) is 0 Å². The third kappa shape index (κ3) is 21.3. The fraction of sp³-hybridized carbons (Fsp3) is 0.647. The van der Waals surface area contributed by atoms with Gasteiger partial charge in [-0.1, -0.05) is 32.4 Å². The molecule has 2 aliphatic rings. The van der Waals surface area contributed by atoms with Crippen molar-refractivity contribution in [2.45, 2.75) is 159 Å². The molecular weight excluding hydrogens is 1050 g/mol. The summed E-state index contributed by atoms with van der Waals surface area (Å²) in [5.41, 5.74) is 11.5. The number of hydrogen-bond donors (Lipinski definition) is 13. The van der Waals surface area contributed by atoms with E-state index in [1.165, 1.54) is 59.7 Å². The summed E-state index contributed by atoms with van der Waals surface area (Å²) >= 11 is 1.38. The number of carbonyl (C=O) groups is 12. The number of carboxylic acids is 2. The average Bonchev–Trinajstić information content (AvgIpc) is 4.12. The number of aromatic hydroxyl groups is 1. The Hall–Kier alpha value is -7.07. The van der Waals surface area contributed by atoms with Crippen LogP contribution in [0.5, 0.6) is 5.75 Å². The Bertz CT molecular complexity index is 2310. The first-order chi connectivity index (χ1) is 37.5. The SMILES string of the molecule is CC[C@H](C)[C@H](NC(=O)[C@@H]1CCCN1C(=O)[C@@H]1CCCN1C(=O)[C@H](C)NC(=O)[C@H](Cc1ccc(O)cc1)NC(=O)[C@H](CCSC)NC(=O)[C@H](C)NC(=O)[C@H](CCCCN)NC(=O)CN)C(=O)N[C@@H](CCC(=O)O)C(=O)NCC(=O)O. The highest BCUT2D eigenvalue weighted by Gasteiger charge is 2.44. The van der Waals surface area contributed by atoms with Crippen LogP contribution in [0.15, 0.2) is 24.3 Å². The van der Waals surface area contributed by atoms with Crippen LogP contribution in [0, 0.1) is 5.92 Å². The molecule has 79 heavy (non-hydrogen) atoms. The van der Waals surface area contributed by atoms with Gasteiger partial charge >= 0.3 is 11.9 Å². The zero-order valence-electron chi connectivity index (χ0n) is 45.5. The Kier molecular flexibility index (Phi) is 28.0. The van der Waals surface area contributed by atoms with Gasteiger partial charge in [-0.05, 0) is 114 Å². The molecular formula is C51H80N12O15S. The maximum absolute atomic E-state index is 14.4. The maximum atomic E-state index is 14.4. The van der Waals surface area contributed by atoms with E-state index in [-0.39, 0.29) is 63.9 Å². The second-order valence-corrected chi connectivity index (χ2v) is 20.7. The molecule has 3 rings (SSSR count). The second-order valence-electron chi connectivity index (χ2n) is 19.7. The Morgan fingerprint density at radius 2 is 1.22 bits per heavy atom. The van der Waals surface area contributed by atoms with Crippen molar-refractivity contribution in [3.63, 3.8) is 0 Å². The van der Waals surface area contributed by atoms with Crippen molar-refractivity contribution >= 4 is 82.8 Å². The van der Waals surface area contributed by atoms with Crippen molar-refractivity contribution in [2.75, 3.05) is 44.7 Å². The normalized spacial score (nSPS) is 18.0. The summed E-state index contributed by atoms with van der Waals surface area (Å²) in [6.07, 6.45) is 3.75. The molecule has 0 radical (unpaired) electrons. The Morgan fingerprint density at radius 1 is 0.646 bits per heavy atom. The largest absolute Gasteiger partial charge is 0.508 e. The predicted octanol–water partition coefficient (Wildman–Crippen LogP) is -2.70. The second kappa shape index (κ2) is 33.4. The van der Waals surface area contributed by atoms with Crippen molar-refractivity contribution in [3.8, 4) is 5.75 Å². The summed E-state index contributed by atoms with van der Waals surface area (Å²) < 4.78 is 0. The molecule has 0 bridgehead atoms. The third-order valence-corrected chi connectivity index (χ3v) is 14.3. The molecule has 1 aromatic rings. The quantitative estimate of drug-likeness (QED) is 0.0319. The minimum Gasteiger partial charge on any atom is -0.508 e. The number of benzene rings is 1. The van der Waals surface area contributed by atoms with Gasteiger partial charge in [0.25, 0.3) is 0 Å². The fourth-order valence-electron chi connectivity index (χ4n) is 8.99. The van der Waals surface area contributed by atoms with Crippen molar-refractivity contribution in [1.29, 1.82) is 0 Å². The van der Waals surface area contributed by atoms with E-state index in [4.69, 9.17) is 16.6 Å². The van der Waals surface area contributed by atoms with Crippen LogP contribution in [-0.2, 0) is 64.0 Å². The van der Waals surface area contributed by atoms with E-state index in [2.05, 4.69) is 42.5 Å². The molecule has 2 aliphatic heterocycles. The van der Waals surface area contributed by atoms with Gasteiger partial charge in [0, 0.05) is 25.9 Å². The van der Waals surface area contributed by atoms with Gasteiger partial charge in [-0.2, -0.15) is 11.8 Å². The summed E-state index contributed by atoms with van der Waals surface area (Å²) in [4.78, 5) is 161. The van der Waals surface area contributed by atoms with Gasteiger partial charge in [-0.15, -0.1) is 0 Å². The predicted molar refractivity (Wildman–Crippen MR) is 288 cm³/mol. The summed E-state index contributed by atoms with van der Waals surface area (Å²) in [7, 11) is 0. The van der Waals surface area contributed by atoms with Crippen LogP contribution in [-0.4, -0.2) is 195 Å². The molecule has 0 spiro atoms. The summed E-state index contributed by atoms with van der Waals surface area (Å²) in [6.45, 7) is 5.70. The standard InChI is InChI=1S/C51H80N12O15S/c1-6-28(2)42(49(76)59-34(18-19-40(66)67)44(71)54-27-41(68)69)61-48(75)37-12-9-22-62(37)51(78)38-13-10-23-63(38)50(77)30(4)56-47(74)36(25-31-14-16-32(64)17-15-31)60-46(73)35(20-24-79-5)58-43(70)29(3)55-45(72)33(11-7-8-21-52)57-39(65)26-53/h14-17,28-30,33-38,42,64H,6-13,18-27,52-53H2,1-5H3,(H,54,71)(H,55,72)(H,56,74)(H,57,65)(H,58,70)(H,59,76)(H,60,73)(H,61,75)(H,66,67)(H,68,69)/t28-,29-,30-,33-,34-,35-,36-,37-,38-,42-/m0/s1. The molecule has 0 unspecified atom stereocenters. The lowest BCUT2D eigenvalue weighted by molar-refractivity contribution is -0.148. The van der Waals surface area contributed by atoms with Crippen molar-refractivity contribution in [3.05, 3.63) is 29.8 Å². The van der Waals surface area contributed by atoms with Gasteiger partial charge in [0.05, 0.1) is 6.54 Å². The van der Waals surface area contributed by atoms with Gasteiger partial charge in [-0.25, -0.2) is 0 Å². The monoisotopic (exact) mass is 1130 g/mol. The fourth-order valence-corrected chi connectivity index (χ4v) is 9.46. The average molecular weight is 1130 g/mol. The smallest absolute Gasteiger partial charge is 0.322 e. The third-order valence-electron chi connectivity index (χ3n) is 13.7. The molecule has 440 valence electrons. The van der Waals surface area contributed by atoms with Gasteiger partial charge in [0.1, 0.15) is 66.7 Å². The number of aliphatic carboxylic acids is 2. The Morgan fingerprint density at radius 3 is 1.82 bits per heavy atom. The van der Waals surface area contributed by atoms with E-state index in [1.54, 1.807) is 20.1 Å². The van der Waals surface area contributed by atoms with Gasteiger partial charge in [0.15, 0.2) is 0 Å². The molecule has 2 heterocycles. The van der Waals surface area contributed by atoms with E-state index in [0.29, 0.717) is 50.0 Å². The number of nitrogens with two attached hydrogens (primary N) is 2. The number of phenols is 1. The number of carbonyl (C=O) groups excluding carboxylic acids is 10. The molecule has 2 fully saturated rings.